The van der Waals surface area contributed by atoms with E-state index >= 15 is 0 Å². The van der Waals surface area contributed by atoms with Crippen molar-refractivity contribution in [2.24, 2.45) is 11.8 Å². The molecule has 0 heterocycles. The number of aryl methyl sites for hydroxylation is 1. The lowest BCUT2D eigenvalue weighted by molar-refractivity contribution is -0.151. The van der Waals surface area contributed by atoms with Crippen molar-refractivity contribution in [2.75, 3.05) is 7.11 Å². The number of para-hydroxylation sites is 1. The molecule has 0 amide bonds. The van der Waals surface area contributed by atoms with E-state index in [2.05, 4.69) is 0 Å². The van der Waals surface area contributed by atoms with E-state index in [1.165, 1.54) is 13.5 Å². The normalized spacial score (nSPS) is 16.8. The lowest BCUT2D eigenvalue weighted by Gasteiger charge is -2.31. The number of esters is 1. The van der Waals surface area contributed by atoms with E-state index in [0.717, 1.165) is 42.6 Å². The van der Waals surface area contributed by atoms with E-state index in [9.17, 15) is 9.90 Å². The van der Waals surface area contributed by atoms with Gasteiger partial charge >= 0.3 is 5.97 Å². The number of benzene rings is 2. The van der Waals surface area contributed by atoms with Crippen molar-refractivity contribution in [3.8, 4) is 5.75 Å². The monoisotopic (exact) mass is 396 g/mol. The Labute approximate surface area is 173 Å². The molecule has 2 aromatic rings. The minimum atomic E-state index is -0.639. The first-order valence-corrected chi connectivity index (χ1v) is 10.7. The molecule has 29 heavy (non-hydrogen) atoms. The zero-order valence-corrected chi connectivity index (χ0v) is 17.3. The fourth-order valence-corrected chi connectivity index (χ4v) is 4.28. The van der Waals surface area contributed by atoms with Crippen molar-refractivity contribution >= 4 is 5.97 Å². The number of hydrogen-bond acceptors (Lipinski definition) is 4. The van der Waals surface area contributed by atoms with Gasteiger partial charge in [-0.2, -0.15) is 0 Å². The summed E-state index contributed by atoms with van der Waals surface area (Å²) in [6.45, 7) is 0.503. The number of methoxy groups -OCH3 is 1. The SMILES string of the molecule is COC(=O)C(CCc1ccccc1OCc1ccccc1)C(O)C1CCCCC1. The number of rotatable bonds is 9. The molecule has 1 saturated carbocycles. The molecule has 0 aromatic heterocycles. The zero-order chi connectivity index (χ0) is 20.5. The molecule has 4 heteroatoms. The molecule has 1 aliphatic rings. The second-order valence-electron chi connectivity index (χ2n) is 7.94. The van der Waals surface area contributed by atoms with Crippen LogP contribution in [0.4, 0.5) is 0 Å². The Hall–Kier alpha value is -2.33. The van der Waals surface area contributed by atoms with Crippen molar-refractivity contribution in [3.05, 3.63) is 65.7 Å². The molecule has 0 radical (unpaired) electrons. The summed E-state index contributed by atoms with van der Waals surface area (Å²) in [5.41, 5.74) is 2.16. The first-order chi connectivity index (χ1) is 14.2. The number of carbonyl (C=O) groups is 1. The van der Waals surface area contributed by atoms with Crippen molar-refractivity contribution in [1.82, 2.24) is 0 Å². The minimum Gasteiger partial charge on any atom is -0.489 e. The maximum Gasteiger partial charge on any atom is 0.311 e. The average Bonchev–Trinajstić information content (AvgIpc) is 2.79. The molecule has 2 atom stereocenters. The topological polar surface area (TPSA) is 55.8 Å². The molecule has 1 aliphatic carbocycles. The van der Waals surface area contributed by atoms with Gasteiger partial charge in [0.05, 0.1) is 19.1 Å². The van der Waals surface area contributed by atoms with E-state index in [4.69, 9.17) is 9.47 Å². The summed E-state index contributed by atoms with van der Waals surface area (Å²) in [5.74, 6) is 0.209. The van der Waals surface area contributed by atoms with Gasteiger partial charge in [0.1, 0.15) is 12.4 Å². The highest BCUT2D eigenvalue weighted by atomic mass is 16.5. The summed E-state index contributed by atoms with van der Waals surface area (Å²) in [4.78, 5) is 12.4. The quantitative estimate of drug-likeness (QED) is 0.611. The number of carbonyl (C=O) groups excluding carboxylic acids is 1. The highest BCUT2D eigenvalue weighted by Gasteiger charge is 2.34. The lowest BCUT2D eigenvalue weighted by atomic mass is 9.78. The third-order valence-corrected chi connectivity index (χ3v) is 5.98. The largest absolute Gasteiger partial charge is 0.489 e. The van der Waals surface area contributed by atoms with E-state index in [1.807, 2.05) is 54.6 Å². The molecule has 1 N–H and O–H groups in total. The maximum absolute atomic E-state index is 12.4. The van der Waals surface area contributed by atoms with Crippen LogP contribution in [0.1, 0.15) is 49.7 Å². The molecule has 4 nitrogen and oxygen atoms in total. The Bertz CT molecular complexity index is 752. The summed E-state index contributed by atoms with van der Waals surface area (Å²) in [6, 6.07) is 18.0. The van der Waals surface area contributed by atoms with Gasteiger partial charge in [-0.25, -0.2) is 0 Å². The fraction of sp³-hybridized carbons (Fsp3) is 0.480. The van der Waals surface area contributed by atoms with E-state index < -0.39 is 12.0 Å². The summed E-state index contributed by atoms with van der Waals surface area (Å²) in [6.07, 6.45) is 6.04. The molecule has 0 aliphatic heterocycles. The Morgan fingerprint density at radius 1 is 1.03 bits per heavy atom. The van der Waals surface area contributed by atoms with Gasteiger partial charge in [0.2, 0.25) is 0 Å². The van der Waals surface area contributed by atoms with Gasteiger partial charge in [-0.1, -0.05) is 67.8 Å². The van der Waals surface area contributed by atoms with Crippen LogP contribution in [0.2, 0.25) is 0 Å². The summed E-state index contributed by atoms with van der Waals surface area (Å²) in [5, 5.41) is 10.9. The van der Waals surface area contributed by atoms with Gasteiger partial charge in [-0.15, -0.1) is 0 Å². The molecular weight excluding hydrogens is 364 g/mol. The van der Waals surface area contributed by atoms with Crippen LogP contribution in [0.25, 0.3) is 0 Å². The molecule has 2 unspecified atom stereocenters. The van der Waals surface area contributed by atoms with Gasteiger partial charge in [0.25, 0.3) is 0 Å². The van der Waals surface area contributed by atoms with Gasteiger partial charge in [-0.05, 0) is 48.8 Å². The number of aliphatic hydroxyl groups is 1. The van der Waals surface area contributed by atoms with Gasteiger partial charge in [-0.3, -0.25) is 4.79 Å². The molecule has 1 fully saturated rings. The van der Waals surface area contributed by atoms with E-state index in [1.54, 1.807) is 0 Å². The third-order valence-electron chi connectivity index (χ3n) is 5.98. The van der Waals surface area contributed by atoms with Crippen LogP contribution in [-0.2, 0) is 22.6 Å². The van der Waals surface area contributed by atoms with Crippen molar-refractivity contribution in [2.45, 2.75) is 57.7 Å². The summed E-state index contributed by atoms with van der Waals surface area (Å²) in [7, 11) is 1.40. The number of hydrogen-bond donors (Lipinski definition) is 1. The van der Waals surface area contributed by atoms with Gasteiger partial charge in [0, 0.05) is 0 Å². The predicted octanol–water partition coefficient (Wildman–Crippen LogP) is 4.93. The molecule has 2 aromatic carbocycles. The third kappa shape index (κ3) is 6.07. The second kappa shape index (κ2) is 11.0. The van der Waals surface area contributed by atoms with Crippen molar-refractivity contribution < 1.29 is 19.4 Å². The zero-order valence-electron chi connectivity index (χ0n) is 17.3. The van der Waals surface area contributed by atoms with Crippen molar-refractivity contribution in [3.63, 3.8) is 0 Å². The molecule has 3 rings (SSSR count). The Morgan fingerprint density at radius 3 is 2.45 bits per heavy atom. The first-order valence-electron chi connectivity index (χ1n) is 10.7. The van der Waals surface area contributed by atoms with Gasteiger partial charge < -0.3 is 14.6 Å². The molecular formula is C25H32O4. The summed E-state index contributed by atoms with van der Waals surface area (Å²) >= 11 is 0. The van der Waals surface area contributed by atoms with Crippen molar-refractivity contribution in [1.29, 1.82) is 0 Å². The highest BCUT2D eigenvalue weighted by Crippen LogP contribution is 2.32. The Morgan fingerprint density at radius 2 is 1.72 bits per heavy atom. The smallest absolute Gasteiger partial charge is 0.311 e. The first kappa shape index (κ1) is 21.4. The molecule has 0 bridgehead atoms. The fourth-order valence-electron chi connectivity index (χ4n) is 4.28. The van der Waals surface area contributed by atoms with Crippen LogP contribution in [0.3, 0.4) is 0 Å². The van der Waals surface area contributed by atoms with E-state index in [0.29, 0.717) is 19.4 Å². The molecule has 0 spiro atoms. The predicted molar refractivity (Wildman–Crippen MR) is 114 cm³/mol. The highest BCUT2D eigenvalue weighted by molar-refractivity contribution is 5.73. The van der Waals surface area contributed by atoms with Crippen LogP contribution in [-0.4, -0.2) is 24.3 Å². The average molecular weight is 397 g/mol. The Balaban J connectivity index is 1.65. The Kier molecular flexibility index (Phi) is 8.12. The second-order valence-corrected chi connectivity index (χ2v) is 7.94. The van der Waals surface area contributed by atoms with E-state index in [-0.39, 0.29) is 11.9 Å². The van der Waals surface area contributed by atoms with Crippen LogP contribution < -0.4 is 4.74 Å². The van der Waals surface area contributed by atoms with Crippen LogP contribution in [0.15, 0.2) is 54.6 Å². The minimum absolute atomic E-state index is 0.192. The number of aliphatic hydroxyl groups excluding tert-OH is 1. The molecule has 156 valence electrons. The number of ether oxygens (including phenoxy) is 2. The summed E-state index contributed by atoms with van der Waals surface area (Å²) < 4.78 is 11.1. The molecule has 0 saturated heterocycles. The maximum atomic E-state index is 12.4. The van der Waals surface area contributed by atoms with Crippen LogP contribution in [0.5, 0.6) is 5.75 Å². The van der Waals surface area contributed by atoms with Crippen LogP contribution >= 0.6 is 0 Å². The van der Waals surface area contributed by atoms with Crippen LogP contribution in [0, 0.1) is 11.8 Å². The lowest BCUT2D eigenvalue weighted by Crippen LogP contribution is -2.36. The van der Waals surface area contributed by atoms with Gasteiger partial charge in [0.15, 0.2) is 0 Å². The standard InChI is InChI=1S/C25H32O4/c1-28-25(27)22(24(26)21-13-6-3-7-14-21)17-16-20-12-8-9-15-23(20)29-18-19-10-4-2-5-11-19/h2,4-5,8-12,15,21-22,24,26H,3,6-7,13-14,16-18H2,1H3.